The van der Waals surface area contributed by atoms with Crippen molar-refractivity contribution in [2.75, 3.05) is 7.11 Å². The summed E-state index contributed by atoms with van der Waals surface area (Å²) in [5.41, 5.74) is 1.73. The summed E-state index contributed by atoms with van der Waals surface area (Å²) < 4.78 is 11.6. The monoisotopic (exact) mass is 346 g/mol. The summed E-state index contributed by atoms with van der Waals surface area (Å²) in [5.74, 6) is -0.210. The molecule has 0 saturated heterocycles. The Morgan fingerprint density at radius 1 is 1.29 bits per heavy atom. The van der Waals surface area contributed by atoms with Crippen molar-refractivity contribution in [3.05, 3.63) is 63.6 Å². The minimum atomic E-state index is -0.597. The van der Waals surface area contributed by atoms with Crippen molar-refractivity contribution in [3.8, 4) is 5.75 Å². The van der Waals surface area contributed by atoms with Gasteiger partial charge in [0.1, 0.15) is 12.3 Å². The molecule has 0 bridgehead atoms. The Kier molecular flexibility index (Phi) is 4.57. The number of halogens is 1. The molecular weight excluding hydrogens is 332 g/mol. The third-order valence-electron chi connectivity index (χ3n) is 3.60. The zero-order valence-corrected chi connectivity index (χ0v) is 13.7. The number of para-hydroxylation sites is 1. The fourth-order valence-electron chi connectivity index (χ4n) is 2.43. The third kappa shape index (κ3) is 3.28. The van der Waals surface area contributed by atoms with Crippen molar-refractivity contribution in [2.24, 2.45) is 0 Å². The predicted octanol–water partition coefficient (Wildman–Crippen LogP) is 2.57. The number of nitrogens with zero attached hydrogens (tertiary/aromatic N) is 1. The number of nitrogens with one attached hydrogen (secondary N) is 1. The van der Waals surface area contributed by atoms with E-state index in [-0.39, 0.29) is 12.5 Å². The maximum Gasteiger partial charge on any atom is 0.420 e. The molecule has 0 unspecified atom stereocenters. The number of ether oxygens (including phenoxy) is 1. The molecule has 1 heterocycles. The van der Waals surface area contributed by atoms with Crippen LogP contribution in [0.3, 0.4) is 0 Å². The first kappa shape index (κ1) is 16.1. The minimum Gasteiger partial charge on any atom is -0.496 e. The van der Waals surface area contributed by atoms with Crippen molar-refractivity contribution in [2.45, 2.75) is 13.1 Å². The molecule has 6 nitrogen and oxygen atoms in total. The maximum absolute atomic E-state index is 12.2. The van der Waals surface area contributed by atoms with Gasteiger partial charge in [-0.05, 0) is 18.2 Å². The van der Waals surface area contributed by atoms with E-state index < -0.39 is 5.76 Å². The highest BCUT2D eigenvalue weighted by molar-refractivity contribution is 6.31. The number of fused-ring (bicyclic) bond motifs is 1. The predicted molar refractivity (Wildman–Crippen MR) is 90.3 cm³/mol. The second-order valence-electron chi connectivity index (χ2n) is 5.15. The van der Waals surface area contributed by atoms with Gasteiger partial charge in [0, 0.05) is 23.2 Å². The Morgan fingerprint density at radius 2 is 2.08 bits per heavy atom. The van der Waals surface area contributed by atoms with E-state index in [0.717, 1.165) is 5.56 Å². The first-order valence-corrected chi connectivity index (χ1v) is 7.64. The van der Waals surface area contributed by atoms with Crippen LogP contribution in [-0.2, 0) is 17.9 Å². The number of methoxy groups -OCH3 is 1. The molecule has 1 aromatic heterocycles. The molecule has 1 N–H and O–H groups in total. The van der Waals surface area contributed by atoms with E-state index in [4.69, 9.17) is 20.8 Å². The number of rotatable bonds is 5. The van der Waals surface area contributed by atoms with Crippen molar-refractivity contribution in [3.63, 3.8) is 0 Å². The lowest BCUT2D eigenvalue weighted by molar-refractivity contribution is -0.121. The van der Waals surface area contributed by atoms with Crippen molar-refractivity contribution in [1.82, 2.24) is 9.88 Å². The van der Waals surface area contributed by atoms with E-state index in [1.54, 1.807) is 25.3 Å². The number of aromatic nitrogens is 1. The molecule has 0 aliphatic carbocycles. The molecule has 0 aliphatic rings. The van der Waals surface area contributed by atoms with Crippen LogP contribution in [0.4, 0.5) is 0 Å². The Morgan fingerprint density at radius 3 is 2.88 bits per heavy atom. The van der Waals surface area contributed by atoms with E-state index in [1.165, 1.54) is 4.57 Å². The second-order valence-corrected chi connectivity index (χ2v) is 5.59. The molecule has 0 aliphatic heterocycles. The lowest BCUT2D eigenvalue weighted by atomic mass is 10.2. The van der Waals surface area contributed by atoms with E-state index in [9.17, 15) is 9.59 Å². The third-order valence-corrected chi connectivity index (χ3v) is 3.84. The average molecular weight is 347 g/mol. The number of oxazole rings is 1. The summed E-state index contributed by atoms with van der Waals surface area (Å²) >= 11 is 5.87. The molecule has 0 atom stereocenters. The van der Waals surface area contributed by atoms with Gasteiger partial charge in [-0.1, -0.05) is 29.8 Å². The Hall–Kier alpha value is -2.73. The topological polar surface area (TPSA) is 73.5 Å². The normalized spacial score (nSPS) is 10.8. The highest BCUT2D eigenvalue weighted by Crippen LogP contribution is 2.19. The standard InChI is InChI=1S/C17H15ClN2O4/c1-23-14-5-3-2-4-11(14)9-19-16(21)10-20-13-7-6-12(18)8-15(13)24-17(20)22/h2-8H,9-10H2,1H3,(H,19,21). The van der Waals surface area contributed by atoms with E-state index in [0.29, 0.717) is 28.4 Å². The molecule has 24 heavy (non-hydrogen) atoms. The summed E-state index contributed by atoms with van der Waals surface area (Å²) in [5, 5.41) is 3.23. The van der Waals surface area contributed by atoms with Gasteiger partial charge in [0.05, 0.1) is 12.6 Å². The van der Waals surface area contributed by atoms with Crippen LogP contribution in [0.5, 0.6) is 5.75 Å². The molecule has 2 aromatic carbocycles. The van der Waals surface area contributed by atoms with Gasteiger partial charge in [-0.15, -0.1) is 0 Å². The van der Waals surface area contributed by atoms with Gasteiger partial charge in [-0.2, -0.15) is 0 Å². The SMILES string of the molecule is COc1ccccc1CNC(=O)Cn1c(=O)oc2cc(Cl)ccc21. The minimum absolute atomic E-state index is 0.136. The zero-order valence-electron chi connectivity index (χ0n) is 12.9. The van der Waals surface area contributed by atoms with Crippen LogP contribution >= 0.6 is 11.6 Å². The molecule has 3 aromatic rings. The highest BCUT2D eigenvalue weighted by Gasteiger charge is 2.13. The molecule has 0 fully saturated rings. The Bertz CT molecular complexity index is 945. The molecule has 0 saturated carbocycles. The number of carbonyl (C=O) groups excluding carboxylic acids is 1. The van der Waals surface area contributed by atoms with Crippen LogP contribution in [0.1, 0.15) is 5.56 Å². The van der Waals surface area contributed by atoms with Gasteiger partial charge in [0.15, 0.2) is 5.58 Å². The van der Waals surface area contributed by atoms with Gasteiger partial charge < -0.3 is 14.5 Å². The van der Waals surface area contributed by atoms with Crippen LogP contribution in [0.2, 0.25) is 5.02 Å². The van der Waals surface area contributed by atoms with Gasteiger partial charge in [0.2, 0.25) is 5.91 Å². The van der Waals surface area contributed by atoms with E-state index in [1.807, 2.05) is 24.3 Å². The van der Waals surface area contributed by atoms with Crippen molar-refractivity contribution < 1.29 is 13.9 Å². The van der Waals surface area contributed by atoms with Crippen molar-refractivity contribution in [1.29, 1.82) is 0 Å². The number of hydrogen-bond donors (Lipinski definition) is 1. The fourth-order valence-corrected chi connectivity index (χ4v) is 2.59. The first-order chi connectivity index (χ1) is 11.6. The quantitative estimate of drug-likeness (QED) is 0.770. The largest absolute Gasteiger partial charge is 0.496 e. The Labute approximate surface area is 142 Å². The molecule has 0 radical (unpaired) electrons. The van der Waals surface area contributed by atoms with Gasteiger partial charge in [-0.3, -0.25) is 9.36 Å². The smallest absolute Gasteiger partial charge is 0.420 e. The first-order valence-electron chi connectivity index (χ1n) is 7.26. The van der Waals surface area contributed by atoms with E-state index in [2.05, 4.69) is 5.32 Å². The van der Waals surface area contributed by atoms with Crippen LogP contribution in [0.25, 0.3) is 11.1 Å². The van der Waals surface area contributed by atoms with Crippen LogP contribution in [0, 0.1) is 0 Å². The molecule has 1 amide bonds. The lowest BCUT2D eigenvalue weighted by Crippen LogP contribution is -2.30. The zero-order chi connectivity index (χ0) is 17.1. The summed E-state index contributed by atoms with van der Waals surface area (Å²) in [6.07, 6.45) is 0. The lowest BCUT2D eigenvalue weighted by Gasteiger charge is -2.09. The van der Waals surface area contributed by atoms with Gasteiger partial charge >= 0.3 is 5.76 Å². The molecule has 124 valence electrons. The average Bonchev–Trinajstić information content (AvgIpc) is 2.88. The number of hydrogen-bond acceptors (Lipinski definition) is 4. The van der Waals surface area contributed by atoms with Crippen LogP contribution in [0.15, 0.2) is 51.7 Å². The van der Waals surface area contributed by atoms with Crippen LogP contribution < -0.4 is 15.8 Å². The van der Waals surface area contributed by atoms with Gasteiger partial charge in [0.25, 0.3) is 0 Å². The van der Waals surface area contributed by atoms with E-state index >= 15 is 0 Å². The highest BCUT2D eigenvalue weighted by atomic mass is 35.5. The summed E-state index contributed by atoms with van der Waals surface area (Å²) in [6, 6.07) is 12.2. The second kappa shape index (κ2) is 6.80. The fraction of sp³-hybridized carbons (Fsp3) is 0.176. The van der Waals surface area contributed by atoms with Gasteiger partial charge in [-0.25, -0.2) is 4.79 Å². The summed E-state index contributed by atoms with van der Waals surface area (Å²) in [7, 11) is 1.57. The Balaban J connectivity index is 1.74. The number of benzene rings is 2. The summed E-state index contributed by atoms with van der Waals surface area (Å²) in [6.45, 7) is 0.168. The summed E-state index contributed by atoms with van der Waals surface area (Å²) in [4.78, 5) is 24.1. The number of amides is 1. The number of carbonyl (C=O) groups is 1. The molecule has 3 rings (SSSR count). The molecule has 0 spiro atoms. The van der Waals surface area contributed by atoms with Crippen LogP contribution in [-0.4, -0.2) is 17.6 Å². The molecule has 7 heteroatoms. The maximum atomic E-state index is 12.2. The molecular formula is C17H15ClN2O4. The van der Waals surface area contributed by atoms with Crippen molar-refractivity contribution >= 4 is 28.6 Å².